The molecule has 0 saturated carbocycles. The molecule has 2 rings (SSSR count). The summed E-state index contributed by atoms with van der Waals surface area (Å²) in [5, 5.41) is 2.95. The minimum Gasteiger partial charge on any atom is -0.349 e. The summed E-state index contributed by atoms with van der Waals surface area (Å²) in [4.78, 5) is 5.39. The van der Waals surface area contributed by atoms with Crippen LogP contribution in [-0.2, 0) is 6.54 Å². The fourth-order valence-corrected chi connectivity index (χ4v) is 2.02. The van der Waals surface area contributed by atoms with E-state index in [-0.39, 0.29) is 0 Å². The molecule has 0 unspecified atom stereocenters. The average molecular weight is 272 g/mol. The van der Waals surface area contributed by atoms with Crippen LogP contribution in [0.2, 0.25) is 0 Å². The molecule has 0 saturated heterocycles. The van der Waals surface area contributed by atoms with E-state index in [0.717, 1.165) is 4.90 Å². The van der Waals surface area contributed by atoms with Crippen molar-refractivity contribution in [2.75, 3.05) is 25.5 Å². The van der Waals surface area contributed by atoms with E-state index < -0.39 is 12.7 Å². The molecule has 0 aromatic carbocycles. The fourth-order valence-electron chi connectivity index (χ4n) is 2.02. The largest absolute Gasteiger partial charge is 0.405 e. The van der Waals surface area contributed by atoms with Gasteiger partial charge in [-0.3, -0.25) is 0 Å². The molecule has 7 heteroatoms. The van der Waals surface area contributed by atoms with Crippen LogP contribution >= 0.6 is 0 Å². The van der Waals surface area contributed by atoms with Crippen molar-refractivity contribution in [3.8, 4) is 0 Å². The Kier molecular flexibility index (Phi) is 3.66. The van der Waals surface area contributed by atoms with Crippen molar-refractivity contribution in [2.45, 2.75) is 12.7 Å². The van der Waals surface area contributed by atoms with Crippen molar-refractivity contribution < 1.29 is 13.2 Å². The number of alkyl halides is 3. The maximum Gasteiger partial charge on any atom is 0.405 e. The second-order valence-electron chi connectivity index (χ2n) is 4.31. The van der Waals surface area contributed by atoms with Crippen LogP contribution in [0, 0.1) is 0 Å². The Morgan fingerprint density at radius 1 is 1.37 bits per heavy atom. The monoisotopic (exact) mass is 272 g/mol. The zero-order valence-electron chi connectivity index (χ0n) is 10.7. The lowest BCUT2D eigenvalue weighted by Crippen LogP contribution is -2.32. The number of fused-ring (bicyclic) bond motifs is 1. The molecule has 2 aromatic heterocycles. The molecule has 0 aliphatic carbocycles. The first-order valence-corrected chi connectivity index (χ1v) is 5.81. The van der Waals surface area contributed by atoms with Gasteiger partial charge in [-0.1, -0.05) is 6.07 Å². The van der Waals surface area contributed by atoms with Crippen molar-refractivity contribution >= 4 is 11.5 Å². The van der Waals surface area contributed by atoms with E-state index in [1.165, 1.54) is 7.05 Å². The van der Waals surface area contributed by atoms with Gasteiger partial charge >= 0.3 is 6.18 Å². The molecule has 104 valence electrons. The normalized spacial score (nSPS) is 12.1. The van der Waals surface area contributed by atoms with Gasteiger partial charge in [0.1, 0.15) is 12.2 Å². The predicted molar refractivity (Wildman–Crippen MR) is 67.3 cm³/mol. The van der Waals surface area contributed by atoms with Crippen molar-refractivity contribution in [1.82, 2.24) is 14.7 Å². The van der Waals surface area contributed by atoms with Gasteiger partial charge < -0.3 is 14.6 Å². The van der Waals surface area contributed by atoms with Crippen LogP contribution in [0.5, 0.6) is 0 Å². The summed E-state index contributed by atoms with van der Waals surface area (Å²) in [6.07, 6.45) is -2.46. The molecule has 19 heavy (non-hydrogen) atoms. The van der Waals surface area contributed by atoms with E-state index in [2.05, 4.69) is 10.3 Å². The SMILES string of the molecule is CNCc1c(N(C)CC(F)(F)F)nc2ccccn12. The Morgan fingerprint density at radius 3 is 2.74 bits per heavy atom. The lowest BCUT2D eigenvalue weighted by atomic mass is 10.3. The van der Waals surface area contributed by atoms with Gasteiger partial charge in [0, 0.05) is 19.8 Å². The van der Waals surface area contributed by atoms with Crippen LogP contribution in [0.15, 0.2) is 24.4 Å². The number of pyridine rings is 1. The summed E-state index contributed by atoms with van der Waals surface area (Å²) < 4.78 is 39.2. The molecule has 4 nitrogen and oxygen atoms in total. The van der Waals surface area contributed by atoms with Gasteiger partial charge in [0.2, 0.25) is 0 Å². The van der Waals surface area contributed by atoms with Crippen LogP contribution in [-0.4, -0.2) is 36.2 Å². The molecule has 0 atom stereocenters. The molecule has 0 aliphatic rings. The minimum absolute atomic E-state index is 0.345. The number of aromatic nitrogens is 2. The van der Waals surface area contributed by atoms with Crippen molar-refractivity contribution in [2.24, 2.45) is 0 Å². The van der Waals surface area contributed by atoms with Gasteiger partial charge in [-0.05, 0) is 19.2 Å². The molecule has 0 radical (unpaired) electrons. The van der Waals surface area contributed by atoms with Gasteiger partial charge in [0.15, 0.2) is 5.82 Å². The second-order valence-corrected chi connectivity index (χ2v) is 4.31. The maximum absolute atomic E-state index is 12.5. The molecule has 2 aromatic rings. The predicted octanol–water partition coefficient (Wildman–Crippen LogP) is 2.05. The van der Waals surface area contributed by atoms with Crippen LogP contribution in [0.25, 0.3) is 5.65 Å². The topological polar surface area (TPSA) is 32.6 Å². The lowest BCUT2D eigenvalue weighted by molar-refractivity contribution is -0.119. The highest BCUT2D eigenvalue weighted by Gasteiger charge is 2.31. The molecular weight excluding hydrogens is 257 g/mol. The standard InChI is InChI=1S/C12H15F3N4/c1-16-7-9-11(18(2)8-12(13,14)15)17-10-5-3-4-6-19(9)10/h3-6,16H,7-8H2,1-2H3. The summed E-state index contributed by atoms with van der Waals surface area (Å²) in [7, 11) is 3.14. The number of imidazole rings is 1. The van der Waals surface area contributed by atoms with Crippen molar-refractivity contribution in [1.29, 1.82) is 0 Å². The van der Waals surface area contributed by atoms with Crippen LogP contribution in [0.1, 0.15) is 5.69 Å². The highest BCUT2D eigenvalue weighted by Crippen LogP contribution is 2.24. The number of hydrogen-bond acceptors (Lipinski definition) is 3. The number of nitrogens with one attached hydrogen (secondary N) is 1. The highest BCUT2D eigenvalue weighted by molar-refractivity contribution is 5.55. The van der Waals surface area contributed by atoms with E-state index in [9.17, 15) is 13.2 Å². The van der Waals surface area contributed by atoms with E-state index in [0.29, 0.717) is 23.7 Å². The lowest BCUT2D eigenvalue weighted by Gasteiger charge is -2.19. The minimum atomic E-state index is -4.25. The van der Waals surface area contributed by atoms with Gasteiger partial charge in [-0.2, -0.15) is 13.2 Å². The Labute approximate surface area is 108 Å². The highest BCUT2D eigenvalue weighted by atomic mass is 19.4. The first-order chi connectivity index (χ1) is 8.92. The number of halogens is 3. The van der Waals surface area contributed by atoms with Gasteiger partial charge in [0.05, 0.1) is 5.69 Å². The third-order valence-corrected chi connectivity index (χ3v) is 2.73. The second kappa shape index (κ2) is 5.08. The van der Waals surface area contributed by atoms with Crippen LogP contribution < -0.4 is 10.2 Å². The summed E-state index contributed by atoms with van der Waals surface area (Å²) >= 11 is 0. The van der Waals surface area contributed by atoms with Crippen LogP contribution in [0.4, 0.5) is 19.0 Å². The number of rotatable bonds is 4. The van der Waals surface area contributed by atoms with Gasteiger partial charge in [-0.15, -0.1) is 0 Å². The van der Waals surface area contributed by atoms with Gasteiger partial charge in [0.25, 0.3) is 0 Å². The number of nitrogens with zero attached hydrogens (tertiary/aromatic N) is 3. The Hall–Kier alpha value is -1.76. The molecule has 0 spiro atoms. The molecule has 0 amide bonds. The molecular formula is C12H15F3N4. The third-order valence-electron chi connectivity index (χ3n) is 2.73. The summed E-state index contributed by atoms with van der Waals surface area (Å²) in [5.74, 6) is 0.345. The average Bonchev–Trinajstić information content (AvgIpc) is 2.67. The molecule has 0 bridgehead atoms. The summed E-state index contributed by atoms with van der Waals surface area (Å²) in [6, 6.07) is 5.39. The first-order valence-electron chi connectivity index (χ1n) is 5.81. The quantitative estimate of drug-likeness (QED) is 0.924. The third kappa shape index (κ3) is 2.98. The smallest absolute Gasteiger partial charge is 0.349 e. The number of anilines is 1. The molecule has 2 heterocycles. The fraction of sp³-hybridized carbons (Fsp3) is 0.417. The van der Waals surface area contributed by atoms with Crippen molar-refractivity contribution in [3.05, 3.63) is 30.1 Å². The Balaban J connectivity index is 2.43. The zero-order chi connectivity index (χ0) is 14.0. The van der Waals surface area contributed by atoms with E-state index in [4.69, 9.17) is 0 Å². The maximum atomic E-state index is 12.5. The Morgan fingerprint density at radius 2 is 2.11 bits per heavy atom. The van der Waals surface area contributed by atoms with E-state index >= 15 is 0 Å². The van der Waals surface area contributed by atoms with Gasteiger partial charge in [-0.25, -0.2) is 4.98 Å². The Bertz CT molecular complexity index is 562. The van der Waals surface area contributed by atoms with Crippen LogP contribution in [0.3, 0.4) is 0 Å². The van der Waals surface area contributed by atoms with E-state index in [1.54, 1.807) is 29.8 Å². The first kappa shape index (κ1) is 13.7. The number of hydrogen-bond donors (Lipinski definition) is 1. The summed E-state index contributed by atoms with van der Waals surface area (Å²) in [6.45, 7) is -0.573. The van der Waals surface area contributed by atoms with E-state index in [1.807, 2.05) is 6.07 Å². The molecule has 0 fully saturated rings. The molecule has 0 aliphatic heterocycles. The van der Waals surface area contributed by atoms with Crippen molar-refractivity contribution in [3.63, 3.8) is 0 Å². The summed E-state index contributed by atoms with van der Waals surface area (Å²) in [5.41, 5.74) is 1.35. The molecule has 1 N–H and O–H groups in total. The zero-order valence-corrected chi connectivity index (χ0v) is 10.7.